The van der Waals surface area contributed by atoms with Gasteiger partial charge in [0.15, 0.2) is 11.5 Å². The van der Waals surface area contributed by atoms with Crippen LogP contribution in [0.15, 0.2) is 32.7 Å². The van der Waals surface area contributed by atoms with E-state index < -0.39 is 0 Å². The van der Waals surface area contributed by atoms with Crippen LogP contribution in [0.1, 0.15) is 0 Å². The van der Waals surface area contributed by atoms with Gasteiger partial charge in [-0.3, -0.25) is 0 Å². The number of thioether (sulfide) groups is 2. The van der Waals surface area contributed by atoms with Gasteiger partial charge in [-0.25, -0.2) is 0 Å². The molecule has 2 bridgehead atoms. The molecular formula is C22H24O5S5. The van der Waals surface area contributed by atoms with Crippen molar-refractivity contribution in [2.75, 3.05) is 64.4 Å². The molecule has 0 saturated carbocycles. The fourth-order valence-corrected chi connectivity index (χ4v) is 9.03. The average molecular weight is 529 g/mol. The Bertz CT molecular complexity index is 934. The van der Waals surface area contributed by atoms with E-state index in [0.717, 1.165) is 23.0 Å². The molecule has 10 heteroatoms. The summed E-state index contributed by atoms with van der Waals surface area (Å²) >= 11 is 8.96. The van der Waals surface area contributed by atoms with Crippen molar-refractivity contribution in [1.82, 2.24) is 0 Å². The maximum Gasteiger partial charge on any atom is 0.181 e. The zero-order valence-corrected chi connectivity index (χ0v) is 21.5. The average Bonchev–Trinajstić information content (AvgIpc) is 3.54. The van der Waals surface area contributed by atoms with Gasteiger partial charge in [0, 0.05) is 21.3 Å². The van der Waals surface area contributed by atoms with Crippen LogP contribution in [0.25, 0.3) is 19.5 Å². The summed E-state index contributed by atoms with van der Waals surface area (Å²) in [6, 6.07) is 4.39. The van der Waals surface area contributed by atoms with Crippen molar-refractivity contribution < 1.29 is 23.7 Å². The van der Waals surface area contributed by atoms with Crippen LogP contribution in [0.5, 0.6) is 11.5 Å². The van der Waals surface area contributed by atoms with E-state index in [1.165, 1.54) is 29.3 Å². The highest BCUT2D eigenvalue weighted by Gasteiger charge is 2.29. The zero-order chi connectivity index (χ0) is 21.6. The summed E-state index contributed by atoms with van der Waals surface area (Å²) in [5.74, 6) is 3.59. The number of fused-ring (bicyclic) bond motifs is 9. The molecule has 32 heavy (non-hydrogen) atoms. The van der Waals surface area contributed by atoms with Gasteiger partial charge in [0.1, 0.15) is 13.2 Å². The molecule has 0 spiro atoms. The lowest BCUT2D eigenvalue weighted by Crippen LogP contribution is -2.14. The van der Waals surface area contributed by atoms with Gasteiger partial charge in [0.2, 0.25) is 0 Å². The Kier molecular flexibility index (Phi) is 8.36. The van der Waals surface area contributed by atoms with Crippen LogP contribution in [0.3, 0.4) is 0 Å². The first-order chi connectivity index (χ1) is 15.9. The lowest BCUT2D eigenvalue weighted by atomic mass is 10.3. The predicted octanol–water partition coefficient (Wildman–Crippen LogP) is 6.22. The van der Waals surface area contributed by atoms with Crippen molar-refractivity contribution in [3.8, 4) is 31.0 Å². The molecule has 2 aliphatic rings. The fraction of sp³-hybridized carbons (Fsp3) is 0.455. The van der Waals surface area contributed by atoms with E-state index in [0.29, 0.717) is 52.9 Å². The summed E-state index contributed by atoms with van der Waals surface area (Å²) in [4.78, 5) is 7.39. The van der Waals surface area contributed by atoms with E-state index in [2.05, 4.69) is 22.9 Å². The van der Waals surface area contributed by atoms with Gasteiger partial charge in [-0.2, -0.15) is 0 Å². The third-order valence-corrected chi connectivity index (χ3v) is 10.4. The molecule has 0 aliphatic carbocycles. The van der Waals surface area contributed by atoms with Crippen LogP contribution in [0.2, 0.25) is 0 Å². The largest absolute Gasteiger partial charge is 0.485 e. The lowest BCUT2D eigenvalue weighted by Gasteiger charge is -2.17. The number of rotatable bonds is 0. The lowest BCUT2D eigenvalue weighted by molar-refractivity contribution is 0.0205. The Morgan fingerprint density at radius 1 is 0.531 bits per heavy atom. The van der Waals surface area contributed by atoms with E-state index in [1.54, 1.807) is 34.0 Å². The molecule has 0 unspecified atom stereocenters. The minimum Gasteiger partial charge on any atom is -0.485 e. The Labute approximate surface area is 208 Å². The zero-order valence-electron chi connectivity index (χ0n) is 17.5. The third-order valence-electron chi connectivity index (χ3n) is 4.78. The van der Waals surface area contributed by atoms with E-state index in [4.69, 9.17) is 23.7 Å². The normalized spacial score (nSPS) is 18.5. The molecule has 5 nitrogen and oxygen atoms in total. The second-order valence-corrected chi connectivity index (χ2v) is 12.0. The molecule has 0 fully saturated rings. The molecule has 3 aromatic heterocycles. The Morgan fingerprint density at radius 2 is 1.00 bits per heavy atom. The second-order valence-electron chi connectivity index (χ2n) is 6.88. The topological polar surface area (TPSA) is 46.2 Å². The summed E-state index contributed by atoms with van der Waals surface area (Å²) in [5, 5.41) is 4.31. The summed E-state index contributed by atoms with van der Waals surface area (Å²) in [6.07, 6.45) is 0. The highest BCUT2D eigenvalue weighted by atomic mass is 32.2. The van der Waals surface area contributed by atoms with Crippen LogP contribution in [-0.4, -0.2) is 64.4 Å². The van der Waals surface area contributed by atoms with Gasteiger partial charge in [-0.15, -0.1) is 57.5 Å². The minimum atomic E-state index is 0.587. The Morgan fingerprint density at radius 3 is 1.50 bits per heavy atom. The SMILES string of the molecule is c1cc2c(s1)-c1sc(c3c1OCCO3)-c1sccc1SCCOCCOCCOCCS2. The monoisotopic (exact) mass is 528 g/mol. The van der Waals surface area contributed by atoms with Crippen LogP contribution in [0, 0.1) is 0 Å². The molecule has 0 aromatic carbocycles. The van der Waals surface area contributed by atoms with Crippen molar-refractivity contribution in [2.45, 2.75) is 9.79 Å². The van der Waals surface area contributed by atoms with E-state index in [1.807, 2.05) is 23.5 Å². The molecule has 172 valence electrons. The summed E-state index contributed by atoms with van der Waals surface area (Å²) in [5.41, 5.74) is 0. The first-order valence-electron chi connectivity index (χ1n) is 10.5. The van der Waals surface area contributed by atoms with E-state index >= 15 is 0 Å². The van der Waals surface area contributed by atoms with Crippen molar-refractivity contribution in [2.24, 2.45) is 0 Å². The van der Waals surface area contributed by atoms with Gasteiger partial charge in [0.25, 0.3) is 0 Å². The molecule has 3 aromatic rings. The minimum absolute atomic E-state index is 0.587. The predicted molar refractivity (Wildman–Crippen MR) is 136 cm³/mol. The summed E-state index contributed by atoms with van der Waals surface area (Å²) in [6.45, 7) is 5.00. The molecule has 5 heterocycles. The maximum atomic E-state index is 6.15. The van der Waals surface area contributed by atoms with Crippen molar-refractivity contribution >= 4 is 57.5 Å². The maximum absolute atomic E-state index is 6.15. The van der Waals surface area contributed by atoms with Gasteiger partial charge in [-0.1, -0.05) is 0 Å². The van der Waals surface area contributed by atoms with Crippen LogP contribution in [0.4, 0.5) is 0 Å². The quantitative estimate of drug-likeness (QED) is 0.343. The molecule has 5 rings (SSSR count). The molecule has 2 aliphatic heterocycles. The van der Waals surface area contributed by atoms with Crippen LogP contribution >= 0.6 is 57.5 Å². The van der Waals surface area contributed by atoms with Gasteiger partial charge < -0.3 is 23.7 Å². The molecule has 0 radical (unpaired) electrons. The number of hydrogen-bond acceptors (Lipinski definition) is 10. The third kappa shape index (κ3) is 5.33. The second kappa shape index (κ2) is 11.6. The highest BCUT2D eigenvalue weighted by Crippen LogP contribution is 2.57. The van der Waals surface area contributed by atoms with Crippen molar-refractivity contribution in [3.63, 3.8) is 0 Å². The smallest absolute Gasteiger partial charge is 0.181 e. The molecular weight excluding hydrogens is 505 g/mol. The number of thiophene rings is 3. The standard InChI is InChI=1S/C22H24O5S5/c1-11-30-19-15(1)28-13-9-24-5-3-23-4-6-25-10-14-29-16-2-12-31-20(16)22-18-17(21(19)32-22)26-7-8-27-18/h1-2,11-12H,3-10,13-14H2. The first-order valence-corrected chi connectivity index (χ1v) is 15.0. The molecule has 0 amide bonds. The van der Waals surface area contributed by atoms with E-state index in [9.17, 15) is 0 Å². The molecule has 0 atom stereocenters. The van der Waals surface area contributed by atoms with Crippen molar-refractivity contribution in [1.29, 1.82) is 0 Å². The van der Waals surface area contributed by atoms with Gasteiger partial charge >= 0.3 is 0 Å². The summed E-state index contributed by atoms with van der Waals surface area (Å²) < 4.78 is 29.4. The Hall–Kier alpha value is -0.720. The van der Waals surface area contributed by atoms with Gasteiger partial charge in [0.05, 0.1) is 59.1 Å². The Balaban J connectivity index is 1.47. The number of ether oxygens (including phenoxy) is 5. The number of hydrogen-bond donors (Lipinski definition) is 0. The molecule has 0 N–H and O–H groups in total. The summed E-state index contributed by atoms with van der Waals surface area (Å²) in [7, 11) is 0. The van der Waals surface area contributed by atoms with Crippen LogP contribution in [-0.2, 0) is 14.2 Å². The first kappa shape index (κ1) is 23.0. The van der Waals surface area contributed by atoms with Gasteiger partial charge in [-0.05, 0) is 22.9 Å². The van der Waals surface area contributed by atoms with E-state index in [-0.39, 0.29) is 0 Å². The fourth-order valence-electron chi connectivity index (χ4n) is 3.37. The van der Waals surface area contributed by atoms with Crippen molar-refractivity contribution in [3.05, 3.63) is 22.9 Å². The van der Waals surface area contributed by atoms with Crippen LogP contribution < -0.4 is 9.47 Å². The molecule has 0 saturated heterocycles. The highest BCUT2D eigenvalue weighted by molar-refractivity contribution is 7.99.